The molecule has 0 fully saturated rings. The molecular weight excluding hydrogens is 174 g/mol. The van der Waals surface area contributed by atoms with Crippen LogP contribution in [0.2, 0.25) is 0 Å². The van der Waals surface area contributed by atoms with Crippen molar-refractivity contribution in [2.75, 3.05) is 37.4 Å². The fourth-order valence-corrected chi connectivity index (χ4v) is 1.47. The fraction of sp³-hybridized carbons (Fsp3) is 0.455. The van der Waals surface area contributed by atoms with Crippen molar-refractivity contribution in [1.29, 1.82) is 0 Å². The Bertz CT molecular complexity index is 273. The fourth-order valence-electron chi connectivity index (χ4n) is 1.47. The van der Waals surface area contributed by atoms with Gasteiger partial charge in [-0.15, -0.1) is 0 Å². The Labute approximate surface area is 85.9 Å². The van der Waals surface area contributed by atoms with Crippen LogP contribution in [0.3, 0.4) is 0 Å². The molecule has 0 aliphatic rings. The second-order valence-electron chi connectivity index (χ2n) is 3.33. The van der Waals surface area contributed by atoms with Gasteiger partial charge >= 0.3 is 0 Å². The van der Waals surface area contributed by atoms with Gasteiger partial charge in [0.1, 0.15) is 0 Å². The summed E-state index contributed by atoms with van der Waals surface area (Å²) in [5.74, 6) is 0. The van der Waals surface area contributed by atoms with E-state index in [0.29, 0.717) is 0 Å². The highest BCUT2D eigenvalue weighted by atomic mass is 15.1. The van der Waals surface area contributed by atoms with Crippen molar-refractivity contribution < 1.29 is 0 Å². The molecule has 0 saturated carbocycles. The molecule has 1 rings (SSSR count). The summed E-state index contributed by atoms with van der Waals surface area (Å²) in [6.45, 7) is 1.74. The van der Waals surface area contributed by atoms with Gasteiger partial charge in [0.15, 0.2) is 0 Å². The third-order valence-electron chi connectivity index (χ3n) is 2.28. The zero-order valence-electron chi connectivity index (χ0n) is 8.96. The summed E-state index contributed by atoms with van der Waals surface area (Å²) in [6, 6.07) is 8.28. The van der Waals surface area contributed by atoms with Crippen molar-refractivity contribution in [3.05, 3.63) is 24.3 Å². The van der Waals surface area contributed by atoms with Crippen molar-refractivity contribution in [3.8, 4) is 0 Å². The minimum Gasteiger partial charge on any atom is -0.386 e. The first-order valence-electron chi connectivity index (χ1n) is 4.97. The number of benzene rings is 1. The van der Waals surface area contributed by atoms with Crippen LogP contribution >= 0.6 is 0 Å². The van der Waals surface area contributed by atoms with Crippen molar-refractivity contribution >= 4 is 11.4 Å². The monoisotopic (exact) mass is 193 g/mol. The SMILES string of the molecule is CNc1ccccc1N(C)CCCN. The van der Waals surface area contributed by atoms with Crippen molar-refractivity contribution in [2.24, 2.45) is 5.73 Å². The number of para-hydroxylation sites is 2. The van der Waals surface area contributed by atoms with Gasteiger partial charge in [-0.1, -0.05) is 12.1 Å². The highest BCUT2D eigenvalue weighted by molar-refractivity contribution is 5.69. The van der Waals surface area contributed by atoms with Crippen LogP contribution in [-0.2, 0) is 0 Å². The van der Waals surface area contributed by atoms with E-state index in [1.165, 1.54) is 5.69 Å². The second kappa shape index (κ2) is 5.50. The van der Waals surface area contributed by atoms with Gasteiger partial charge in [0.05, 0.1) is 11.4 Å². The summed E-state index contributed by atoms with van der Waals surface area (Å²) in [4.78, 5) is 2.22. The molecule has 3 N–H and O–H groups in total. The maximum Gasteiger partial charge on any atom is 0.0599 e. The van der Waals surface area contributed by atoms with E-state index in [1.807, 2.05) is 13.1 Å². The molecule has 14 heavy (non-hydrogen) atoms. The summed E-state index contributed by atoms with van der Waals surface area (Å²) in [6.07, 6.45) is 1.02. The molecule has 0 unspecified atom stereocenters. The molecular formula is C11H19N3. The van der Waals surface area contributed by atoms with Crippen LogP contribution in [0.25, 0.3) is 0 Å². The Kier molecular flexibility index (Phi) is 4.26. The molecule has 0 radical (unpaired) electrons. The summed E-state index contributed by atoms with van der Waals surface area (Å²) in [5, 5.41) is 3.18. The predicted molar refractivity (Wildman–Crippen MR) is 62.9 cm³/mol. The van der Waals surface area contributed by atoms with E-state index in [9.17, 15) is 0 Å². The Morgan fingerprint density at radius 3 is 2.71 bits per heavy atom. The average molecular weight is 193 g/mol. The number of nitrogens with two attached hydrogens (primary N) is 1. The number of hydrogen-bond donors (Lipinski definition) is 2. The van der Waals surface area contributed by atoms with Crippen molar-refractivity contribution in [1.82, 2.24) is 0 Å². The molecule has 0 amide bonds. The number of rotatable bonds is 5. The van der Waals surface area contributed by atoms with Gasteiger partial charge in [0, 0.05) is 20.6 Å². The molecule has 3 heteroatoms. The zero-order chi connectivity index (χ0) is 10.4. The summed E-state index contributed by atoms with van der Waals surface area (Å²) >= 11 is 0. The maximum atomic E-state index is 5.48. The molecule has 1 aromatic carbocycles. The van der Waals surface area contributed by atoms with E-state index in [-0.39, 0.29) is 0 Å². The second-order valence-corrected chi connectivity index (χ2v) is 3.33. The number of nitrogens with zero attached hydrogens (tertiary/aromatic N) is 1. The third kappa shape index (κ3) is 2.64. The molecule has 0 aliphatic heterocycles. The van der Waals surface area contributed by atoms with E-state index in [0.717, 1.165) is 25.2 Å². The van der Waals surface area contributed by atoms with E-state index in [4.69, 9.17) is 5.73 Å². The summed E-state index contributed by atoms with van der Waals surface area (Å²) < 4.78 is 0. The summed E-state index contributed by atoms with van der Waals surface area (Å²) in [5.41, 5.74) is 7.87. The lowest BCUT2D eigenvalue weighted by atomic mass is 10.2. The summed E-state index contributed by atoms with van der Waals surface area (Å²) in [7, 11) is 4.03. The number of nitrogens with one attached hydrogen (secondary N) is 1. The Balaban J connectivity index is 2.72. The molecule has 1 aromatic rings. The molecule has 0 heterocycles. The van der Waals surface area contributed by atoms with Gasteiger partial charge in [-0.25, -0.2) is 0 Å². The Morgan fingerprint density at radius 1 is 1.36 bits per heavy atom. The lowest BCUT2D eigenvalue weighted by Gasteiger charge is -2.21. The quantitative estimate of drug-likeness (QED) is 0.745. The van der Waals surface area contributed by atoms with E-state index < -0.39 is 0 Å². The van der Waals surface area contributed by atoms with Crippen LogP contribution in [0, 0.1) is 0 Å². The zero-order valence-corrected chi connectivity index (χ0v) is 8.96. The van der Waals surface area contributed by atoms with Gasteiger partial charge < -0.3 is 16.0 Å². The minimum atomic E-state index is 0.742. The molecule has 0 atom stereocenters. The van der Waals surface area contributed by atoms with E-state index in [2.05, 4.69) is 35.5 Å². The van der Waals surface area contributed by atoms with Crippen molar-refractivity contribution in [3.63, 3.8) is 0 Å². The normalized spacial score (nSPS) is 9.93. The molecule has 0 aromatic heterocycles. The van der Waals surface area contributed by atoms with Crippen LogP contribution in [0.15, 0.2) is 24.3 Å². The third-order valence-corrected chi connectivity index (χ3v) is 2.28. The Morgan fingerprint density at radius 2 is 2.07 bits per heavy atom. The van der Waals surface area contributed by atoms with Crippen molar-refractivity contribution in [2.45, 2.75) is 6.42 Å². The topological polar surface area (TPSA) is 41.3 Å². The van der Waals surface area contributed by atoms with Gasteiger partial charge in [0.2, 0.25) is 0 Å². The molecule has 0 aliphatic carbocycles. The maximum absolute atomic E-state index is 5.48. The van der Waals surface area contributed by atoms with E-state index >= 15 is 0 Å². The lowest BCUT2D eigenvalue weighted by molar-refractivity contribution is 0.796. The van der Waals surface area contributed by atoms with Gasteiger partial charge in [-0.3, -0.25) is 0 Å². The first kappa shape index (κ1) is 10.9. The highest BCUT2D eigenvalue weighted by Crippen LogP contribution is 2.23. The smallest absolute Gasteiger partial charge is 0.0599 e. The van der Waals surface area contributed by atoms with Crippen LogP contribution in [0.1, 0.15) is 6.42 Å². The number of anilines is 2. The molecule has 78 valence electrons. The average Bonchev–Trinajstić information content (AvgIpc) is 2.25. The van der Waals surface area contributed by atoms with Crippen LogP contribution in [-0.4, -0.2) is 27.2 Å². The number of hydrogen-bond acceptors (Lipinski definition) is 3. The van der Waals surface area contributed by atoms with Crippen LogP contribution in [0.5, 0.6) is 0 Å². The predicted octanol–water partition coefficient (Wildman–Crippen LogP) is 1.51. The van der Waals surface area contributed by atoms with E-state index in [1.54, 1.807) is 0 Å². The largest absolute Gasteiger partial charge is 0.386 e. The van der Waals surface area contributed by atoms with Gasteiger partial charge in [0.25, 0.3) is 0 Å². The van der Waals surface area contributed by atoms with Crippen LogP contribution in [0.4, 0.5) is 11.4 Å². The van der Waals surface area contributed by atoms with Crippen LogP contribution < -0.4 is 16.0 Å². The van der Waals surface area contributed by atoms with Gasteiger partial charge in [-0.2, -0.15) is 0 Å². The molecule has 3 nitrogen and oxygen atoms in total. The molecule has 0 bridgehead atoms. The lowest BCUT2D eigenvalue weighted by Crippen LogP contribution is -2.21. The van der Waals surface area contributed by atoms with Gasteiger partial charge in [-0.05, 0) is 25.1 Å². The molecule has 0 spiro atoms. The minimum absolute atomic E-state index is 0.742. The first-order valence-corrected chi connectivity index (χ1v) is 4.97. The highest BCUT2D eigenvalue weighted by Gasteiger charge is 2.03. The standard InChI is InChI=1S/C11H19N3/c1-13-10-6-3-4-7-11(10)14(2)9-5-8-12/h3-4,6-7,13H,5,8-9,12H2,1-2H3. The Hall–Kier alpha value is -1.22. The molecule has 0 saturated heterocycles. The first-order chi connectivity index (χ1) is 6.79.